The van der Waals surface area contributed by atoms with Crippen LogP contribution in [0.15, 0.2) is 42.7 Å². The second-order valence-electron chi connectivity index (χ2n) is 6.49. The van der Waals surface area contributed by atoms with Crippen molar-refractivity contribution in [1.29, 1.82) is 0 Å². The maximum absolute atomic E-state index is 12.5. The van der Waals surface area contributed by atoms with Gasteiger partial charge in [0, 0.05) is 24.8 Å². The molecular weight excluding hydrogens is 326 g/mol. The van der Waals surface area contributed by atoms with E-state index in [0.29, 0.717) is 25.7 Å². The van der Waals surface area contributed by atoms with Gasteiger partial charge in [0.1, 0.15) is 5.25 Å². The van der Waals surface area contributed by atoms with Gasteiger partial charge in [-0.1, -0.05) is 30.3 Å². The molecule has 6 nitrogen and oxygen atoms in total. The van der Waals surface area contributed by atoms with Crippen LogP contribution in [-0.2, 0) is 21.3 Å². The molecule has 1 aromatic carbocycles. The normalized spacial score (nSPS) is 24.1. The van der Waals surface area contributed by atoms with E-state index < -0.39 is 15.1 Å². The van der Waals surface area contributed by atoms with Gasteiger partial charge < -0.3 is 0 Å². The highest BCUT2D eigenvalue weighted by Crippen LogP contribution is 2.36. The van der Waals surface area contributed by atoms with Gasteiger partial charge in [-0.05, 0) is 18.4 Å². The quantitative estimate of drug-likeness (QED) is 0.829. The minimum absolute atomic E-state index is 0.112. The molecule has 0 radical (unpaired) electrons. The number of rotatable bonds is 5. The fraction of sp³-hybridized carbons (Fsp3) is 0.471. The van der Waals surface area contributed by atoms with E-state index in [4.69, 9.17) is 4.84 Å². The molecule has 2 heterocycles. The predicted octanol–water partition coefficient (Wildman–Crippen LogP) is 2.12. The Balaban J connectivity index is 1.45. The number of hydrogen-bond acceptors (Lipinski definition) is 5. The molecule has 0 spiro atoms. The van der Waals surface area contributed by atoms with Gasteiger partial charge >= 0.3 is 0 Å². The predicted molar refractivity (Wildman–Crippen MR) is 89.8 cm³/mol. The molecule has 0 bridgehead atoms. The Kier molecular flexibility index (Phi) is 4.15. The zero-order valence-corrected chi connectivity index (χ0v) is 14.2. The van der Waals surface area contributed by atoms with Crippen LogP contribution in [0, 0.1) is 0 Å². The van der Waals surface area contributed by atoms with Crippen molar-refractivity contribution in [2.45, 2.75) is 30.7 Å². The molecule has 24 heavy (non-hydrogen) atoms. The van der Waals surface area contributed by atoms with E-state index in [1.54, 1.807) is 11.3 Å². The Morgan fingerprint density at radius 1 is 1.21 bits per heavy atom. The van der Waals surface area contributed by atoms with Crippen LogP contribution in [0.5, 0.6) is 0 Å². The monoisotopic (exact) mass is 347 g/mol. The Morgan fingerprint density at radius 3 is 2.75 bits per heavy atom. The van der Waals surface area contributed by atoms with Crippen molar-refractivity contribution in [1.82, 2.24) is 14.8 Å². The lowest BCUT2D eigenvalue weighted by Gasteiger charge is -2.31. The van der Waals surface area contributed by atoms with Crippen molar-refractivity contribution in [2.75, 3.05) is 18.8 Å². The van der Waals surface area contributed by atoms with E-state index in [1.165, 1.54) is 0 Å². The first-order valence-electron chi connectivity index (χ1n) is 8.29. The van der Waals surface area contributed by atoms with Gasteiger partial charge in [-0.25, -0.2) is 8.42 Å². The lowest BCUT2D eigenvalue weighted by molar-refractivity contribution is -0.168. The largest absolute Gasteiger partial charge is 0.294 e. The summed E-state index contributed by atoms with van der Waals surface area (Å²) in [5, 5.41) is 5.54. The fourth-order valence-electron chi connectivity index (χ4n) is 2.99. The van der Waals surface area contributed by atoms with Gasteiger partial charge in [-0.2, -0.15) is 10.2 Å². The third-order valence-corrected chi connectivity index (χ3v) is 6.64. The molecule has 1 aliphatic heterocycles. The molecular formula is C17H21N3O3S. The van der Waals surface area contributed by atoms with Crippen LogP contribution in [0.2, 0.25) is 0 Å². The van der Waals surface area contributed by atoms with E-state index in [0.717, 1.165) is 24.0 Å². The maximum Gasteiger partial charge on any atom is 0.160 e. The zero-order chi connectivity index (χ0) is 16.6. The molecule has 0 amide bonds. The molecule has 1 atom stereocenters. The fourth-order valence-corrected chi connectivity index (χ4v) is 4.66. The SMILES string of the molecule is O=S1(=O)CCN(OCc2ccccc2)CC1c1cnn(C2CC2)c1. The number of sulfone groups is 1. The van der Waals surface area contributed by atoms with E-state index in [2.05, 4.69) is 5.10 Å². The van der Waals surface area contributed by atoms with Crippen LogP contribution in [0.1, 0.15) is 35.3 Å². The van der Waals surface area contributed by atoms with Gasteiger partial charge in [0.15, 0.2) is 9.84 Å². The number of nitrogens with zero attached hydrogens (tertiary/aromatic N) is 3. The van der Waals surface area contributed by atoms with Gasteiger partial charge in [-0.3, -0.25) is 9.52 Å². The summed E-state index contributed by atoms with van der Waals surface area (Å²) in [6, 6.07) is 10.3. The Bertz CT molecular complexity index is 799. The van der Waals surface area contributed by atoms with Crippen molar-refractivity contribution in [2.24, 2.45) is 0 Å². The highest BCUT2D eigenvalue weighted by atomic mass is 32.2. The van der Waals surface area contributed by atoms with Crippen LogP contribution in [0.25, 0.3) is 0 Å². The van der Waals surface area contributed by atoms with E-state index in [9.17, 15) is 8.42 Å². The lowest BCUT2D eigenvalue weighted by Crippen LogP contribution is -2.42. The third-order valence-electron chi connectivity index (χ3n) is 4.60. The average molecular weight is 347 g/mol. The molecule has 2 aliphatic rings. The smallest absolute Gasteiger partial charge is 0.160 e. The number of hydroxylamine groups is 2. The van der Waals surface area contributed by atoms with Crippen LogP contribution in [0.3, 0.4) is 0 Å². The Labute approximate surface area is 141 Å². The van der Waals surface area contributed by atoms with Crippen LogP contribution in [0.4, 0.5) is 0 Å². The number of aromatic nitrogens is 2. The van der Waals surface area contributed by atoms with Crippen molar-refractivity contribution in [3.8, 4) is 0 Å². The molecule has 1 aromatic heterocycles. The van der Waals surface area contributed by atoms with E-state index >= 15 is 0 Å². The van der Waals surface area contributed by atoms with Gasteiger partial charge in [0.2, 0.25) is 0 Å². The van der Waals surface area contributed by atoms with E-state index in [1.807, 2.05) is 41.2 Å². The topological polar surface area (TPSA) is 64.4 Å². The van der Waals surface area contributed by atoms with Crippen molar-refractivity contribution < 1.29 is 13.3 Å². The van der Waals surface area contributed by atoms with Crippen molar-refractivity contribution in [3.05, 3.63) is 53.9 Å². The molecule has 2 aromatic rings. The maximum atomic E-state index is 12.5. The summed E-state index contributed by atoms with van der Waals surface area (Å²) in [5.41, 5.74) is 1.85. The van der Waals surface area contributed by atoms with Crippen molar-refractivity contribution >= 4 is 9.84 Å². The second kappa shape index (κ2) is 6.31. The van der Waals surface area contributed by atoms with Crippen LogP contribution in [-0.4, -0.2) is 42.1 Å². The number of hydrogen-bond donors (Lipinski definition) is 0. The van der Waals surface area contributed by atoms with Crippen LogP contribution >= 0.6 is 0 Å². The minimum atomic E-state index is -3.16. The summed E-state index contributed by atoms with van der Waals surface area (Å²) in [4.78, 5) is 5.82. The zero-order valence-electron chi connectivity index (χ0n) is 13.4. The molecule has 0 N–H and O–H groups in total. The summed E-state index contributed by atoms with van der Waals surface area (Å²) in [6.07, 6.45) is 5.84. The molecule has 4 rings (SSSR count). The summed E-state index contributed by atoms with van der Waals surface area (Å²) in [6.45, 7) is 1.21. The summed E-state index contributed by atoms with van der Waals surface area (Å²) in [7, 11) is -3.16. The summed E-state index contributed by atoms with van der Waals surface area (Å²) in [5.74, 6) is 0.112. The van der Waals surface area contributed by atoms with Crippen LogP contribution < -0.4 is 0 Å². The van der Waals surface area contributed by atoms with Gasteiger partial charge in [-0.15, -0.1) is 0 Å². The molecule has 1 saturated carbocycles. The minimum Gasteiger partial charge on any atom is -0.294 e. The highest BCUT2D eigenvalue weighted by Gasteiger charge is 2.36. The number of benzene rings is 1. The molecule has 2 fully saturated rings. The summed E-state index contributed by atoms with van der Waals surface area (Å²) < 4.78 is 26.9. The molecule has 1 saturated heterocycles. The third kappa shape index (κ3) is 3.38. The second-order valence-corrected chi connectivity index (χ2v) is 8.79. The first-order chi connectivity index (χ1) is 11.6. The Hall–Kier alpha value is -1.70. The lowest BCUT2D eigenvalue weighted by atomic mass is 10.2. The molecule has 7 heteroatoms. The standard InChI is InChI=1S/C17H21N3O3S/c21-24(22)9-8-19(23-13-14-4-2-1-3-5-14)12-17(24)15-10-18-20(11-15)16-6-7-16/h1-5,10-11,16-17H,6-9,12-13H2. The summed E-state index contributed by atoms with van der Waals surface area (Å²) >= 11 is 0. The molecule has 128 valence electrons. The first kappa shape index (κ1) is 15.8. The molecule has 1 unspecified atom stereocenters. The molecule has 1 aliphatic carbocycles. The van der Waals surface area contributed by atoms with Gasteiger partial charge in [0.25, 0.3) is 0 Å². The highest BCUT2D eigenvalue weighted by molar-refractivity contribution is 7.91. The average Bonchev–Trinajstić information content (AvgIpc) is 3.32. The van der Waals surface area contributed by atoms with Crippen molar-refractivity contribution in [3.63, 3.8) is 0 Å². The Morgan fingerprint density at radius 2 is 2.00 bits per heavy atom. The van der Waals surface area contributed by atoms with E-state index in [-0.39, 0.29) is 5.75 Å². The first-order valence-corrected chi connectivity index (χ1v) is 10.0. The van der Waals surface area contributed by atoms with Gasteiger partial charge in [0.05, 0.1) is 24.6 Å².